The first kappa shape index (κ1) is 19.4. The third kappa shape index (κ3) is 3.35. The highest BCUT2D eigenvalue weighted by Gasteiger charge is 2.59. The third-order valence-electron chi connectivity index (χ3n) is 9.39. The molecule has 5 aliphatic rings. The van der Waals surface area contributed by atoms with Gasteiger partial charge in [-0.1, -0.05) is 37.1 Å². The molecular formula is C26H38ClN. The van der Waals surface area contributed by atoms with Crippen molar-refractivity contribution in [2.45, 2.75) is 102 Å². The second-order valence-corrected chi connectivity index (χ2v) is 11.6. The van der Waals surface area contributed by atoms with Gasteiger partial charge in [-0.25, -0.2) is 0 Å². The normalized spacial score (nSPS) is 43.2. The number of benzene rings is 1. The van der Waals surface area contributed by atoms with Crippen LogP contribution in [0.2, 0.25) is 5.02 Å². The Kier molecular flexibility index (Phi) is 5.07. The van der Waals surface area contributed by atoms with Crippen LogP contribution in [-0.4, -0.2) is 12.1 Å². The van der Waals surface area contributed by atoms with E-state index in [0.717, 1.165) is 28.8 Å². The summed E-state index contributed by atoms with van der Waals surface area (Å²) in [6.45, 7) is 4.90. The molecule has 0 saturated heterocycles. The monoisotopic (exact) mass is 399 g/mol. The minimum Gasteiger partial charge on any atom is -0.311 e. The highest BCUT2D eigenvalue weighted by Crippen LogP contribution is 2.66. The molecule has 5 fully saturated rings. The van der Waals surface area contributed by atoms with Crippen LogP contribution < -0.4 is 5.32 Å². The lowest BCUT2D eigenvalue weighted by Crippen LogP contribution is -2.61. The Morgan fingerprint density at radius 3 is 2.25 bits per heavy atom. The Bertz CT molecular complexity index is 673. The van der Waals surface area contributed by atoms with E-state index in [1.807, 2.05) is 0 Å². The Morgan fingerprint density at radius 1 is 1.00 bits per heavy atom. The molecule has 0 unspecified atom stereocenters. The van der Waals surface area contributed by atoms with Gasteiger partial charge in [-0.2, -0.15) is 0 Å². The Hall–Kier alpha value is -0.530. The van der Waals surface area contributed by atoms with Gasteiger partial charge in [0.05, 0.1) is 0 Å². The molecule has 1 nitrogen and oxygen atoms in total. The van der Waals surface area contributed by atoms with E-state index in [4.69, 9.17) is 11.6 Å². The minimum absolute atomic E-state index is 0.421. The van der Waals surface area contributed by atoms with Crippen molar-refractivity contribution in [1.29, 1.82) is 0 Å². The molecule has 5 aliphatic carbocycles. The van der Waals surface area contributed by atoms with E-state index in [1.165, 1.54) is 70.6 Å². The first-order chi connectivity index (χ1) is 13.5. The molecule has 0 spiro atoms. The highest BCUT2D eigenvalue weighted by atomic mass is 35.5. The Morgan fingerprint density at radius 2 is 1.64 bits per heavy atom. The van der Waals surface area contributed by atoms with Gasteiger partial charge in [0, 0.05) is 17.1 Å². The lowest BCUT2D eigenvalue weighted by atomic mass is 9.41. The van der Waals surface area contributed by atoms with Crippen molar-refractivity contribution in [1.82, 2.24) is 5.32 Å². The predicted octanol–water partition coefficient (Wildman–Crippen LogP) is 7.12. The molecule has 3 atom stereocenters. The van der Waals surface area contributed by atoms with Crippen LogP contribution in [0.5, 0.6) is 0 Å². The van der Waals surface area contributed by atoms with Gasteiger partial charge < -0.3 is 5.32 Å². The lowest BCUT2D eigenvalue weighted by molar-refractivity contribution is -0.0902. The summed E-state index contributed by atoms with van der Waals surface area (Å²) in [7, 11) is 0. The number of rotatable bonds is 5. The topological polar surface area (TPSA) is 12.0 Å². The van der Waals surface area contributed by atoms with Crippen LogP contribution in [0.1, 0.15) is 90.0 Å². The summed E-state index contributed by atoms with van der Waals surface area (Å²) in [5, 5.41) is 5.05. The summed E-state index contributed by atoms with van der Waals surface area (Å²) in [5.74, 6) is 2.87. The zero-order chi connectivity index (χ0) is 19.4. The van der Waals surface area contributed by atoms with Crippen LogP contribution in [0.15, 0.2) is 24.3 Å². The first-order valence-electron chi connectivity index (χ1n) is 12.0. The summed E-state index contributed by atoms with van der Waals surface area (Å²) in [6.07, 6.45) is 15.7. The van der Waals surface area contributed by atoms with E-state index in [9.17, 15) is 0 Å². The number of hydrogen-bond acceptors (Lipinski definition) is 1. The van der Waals surface area contributed by atoms with Crippen molar-refractivity contribution >= 4 is 11.6 Å². The Labute approximate surface area is 177 Å². The van der Waals surface area contributed by atoms with E-state index in [0.29, 0.717) is 16.9 Å². The van der Waals surface area contributed by atoms with Crippen molar-refractivity contribution in [2.24, 2.45) is 23.2 Å². The predicted molar refractivity (Wildman–Crippen MR) is 119 cm³/mol. The van der Waals surface area contributed by atoms with E-state index in [-0.39, 0.29) is 0 Å². The van der Waals surface area contributed by atoms with Crippen LogP contribution in [-0.2, 0) is 5.41 Å². The maximum absolute atomic E-state index is 6.22. The van der Waals surface area contributed by atoms with Gasteiger partial charge in [0.2, 0.25) is 0 Å². The van der Waals surface area contributed by atoms with Crippen LogP contribution in [0.4, 0.5) is 0 Å². The minimum atomic E-state index is 0.421. The van der Waals surface area contributed by atoms with Crippen molar-refractivity contribution in [2.75, 3.05) is 0 Å². The van der Waals surface area contributed by atoms with Crippen LogP contribution in [0.25, 0.3) is 0 Å². The fraction of sp³-hybridized carbons (Fsp3) is 0.769. The van der Waals surface area contributed by atoms with Crippen molar-refractivity contribution < 1.29 is 0 Å². The molecule has 1 aromatic carbocycles. The van der Waals surface area contributed by atoms with E-state index < -0.39 is 0 Å². The summed E-state index contributed by atoms with van der Waals surface area (Å²) in [5.41, 5.74) is 2.52. The van der Waals surface area contributed by atoms with E-state index in [2.05, 4.69) is 43.4 Å². The first-order valence-corrected chi connectivity index (χ1v) is 12.4. The highest BCUT2D eigenvalue weighted by molar-refractivity contribution is 6.30. The van der Waals surface area contributed by atoms with Crippen LogP contribution >= 0.6 is 11.6 Å². The summed E-state index contributed by atoms with van der Waals surface area (Å²) >= 11 is 6.22. The SMILES string of the molecule is CCC1CCC(N[C@@H](C)C23C[C@H]4C[C@@H](CC(c5ccc(Cl)cc5)(C4)C2)C3)CC1. The second kappa shape index (κ2) is 7.31. The largest absolute Gasteiger partial charge is 0.311 e. The molecule has 154 valence electrons. The number of hydrogen-bond donors (Lipinski definition) is 1. The number of nitrogens with one attached hydrogen (secondary N) is 1. The van der Waals surface area contributed by atoms with Crippen LogP contribution in [0.3, 0.4) is 0 Å². The third-order valence-corrected chi connectivity index (χ3v) is 9.64. The smallest absolute Gasteiger partial charge is 0.0406 e. The summed E-state index contributed by atoms with van der Waals surface area (Å²) in [6, 6.07) is 10.3. The van der Waals surface area contributed by atoms with Gasteiger partial charge in [-0.05, 0) is 117 Å². The molecular weight excluding hydrogens is 362 g/mol. The van der Waals surface area contributed by atoms with E-state index in [1.54, 1.807) is 5.56 Å². The average Bonchev–Trinajstić information content (AvgIpc) is 2.68. The molecule has 0 aromatic heterocycles. The summed E-state index contributed by atoms with van der Waals surface area (Å²) < 4.78 is 0. The molecule has 0 heterocycles. The fourth-order valence-electron chi connectivity index (χ4n) is 8.25. The zero-order valence-electron chi connectivity index (χ0n) is 17.9. The van der Waals surface area contributed by atoms with Crippen molar-refractivity contribution in [3.8, 4) is 0 Å². The van der Waals surface area contributed by atoms with Gasteiger partial charge in [0.25, 0.3) is 0 Å². The second-order valence-electron chi connectivity index (χ2n) is 11.1. The van der Waals surface area contributed by atoms with Gasteiger partial charge in [-0.15, -0.1) is 0 Å². The molecule has 4 bridgehead atoms. The fourth-order valence-corrected chi connectivity index (χ4v) is 8.37. The molecule has 28 heavy (non-hydrogen) atoms. The van der Waals surface area contributed by atoms with Crippen molar-refractivity contribution in [3.05, 3.63) is 34.9 Å². The Balaban J connectivity index is 1.35. The van der Waals surface area contributed by atoms with Gasteiger partial charge in [0.1, 0.15) is 0 Å². The lowest BCUT2D eigenvalue weighted by Gasteiger charge is -2.64. The van der Waals surface area contributed by atoms with E-state index >= 15 is 0 Å². The van der Waals surface area contributed by atoms with Crippen LogP contribution in [0, 0.1) is 23.2 Å². The van der Waals surface area contributed by atoms with Gasteiger partial charge in [0.15, 0.2) is 0 Å². The molecule has 5 saturated carbocycles. The molecule has 0 amide bonds. The van der Waals surface area contributed by atoms with Crippen molar-refractivity contribution in [3.63, 3.8) is 0 Å². The van der Waals surface area contributed by atoms with Gasteiger partial charge >= 0.3 is 0 Å². The molecule has 0 radical (unpaired) electrons. The summed E-state index contributed by atoms with van der Waals surface area (Å²) in [4.78, 5) is 0. The quantitative estimate of drug-likeness (QED) is 0.555. The molecule has 2 heteroatoms. The number of halogens is 1. The molecule has 1 aromatic rings. The molecule has 1 N–H and O–H groups in total. The molecule has 6 rings (SSSR count). The maximum Gasteiger partial charge on any atom is 0.0406 e. The standard InChI is InChI=1S/C26H38ClN/c1-3-19-4-10-24(11-5-19)28-18(2)25-13-20-12-21(14-25)16-26(15-20,17-25)22-6-8-23(27)9-7-22/h6-9,18-21,24,28H,3-5,10-17H2,1-2H3/t18-,19?,20+,21+,24?,25?,26?/m0/s1. The van der Waals surface area contributed by atoms with Gasteiger partial charge in [-0.3, -0.25) is 0 Å². The zero-order valence-corrected chi connectivity index (χ0v) is 18.6. The maximum atomic E-state index is 6.22. The molecule has 0 aliphatic heterocycles. The average molecular weight is 400 g/mol.